The Morgan fingerprint density at radius 3 is 1.96 bits per heavy atom. The Bertz CT molecular complexity index is 1120. The lowest BCUT2D eigenvalue weighted by Crippen LogP contribution is -2.42. The standard InChI is InChI=1S/C36H60O13/c1-10-35(7,33(43)49-19-18-48-31(40)28-15-13-12-14-27(28)29(37)38)23-36(8,32(41)42)21-26(30(39)46-11-2)20-34(5,6)25(4)47-17-16-45-22-24(3)44-9/h24,26-28H,4,10-23H2,1-3,5-9H3,(H,37,38)(H,41,42). The predicted molar refractivity (Wildman–Crippen MR) is 179 cm³/mol. The Hall–Kier alpha value is -3.19. The van der Waals surface area contributed by atoms with Crippen LogP contribution in [0.4, 0.5) is 0 Å². The highest BCUT2D eigenvalue weighted by molar-refractivity contribution is 5.82. The summed E-state index contributed by atoms with van der Waals surface area (Å²) in [5, 5.41) is 19.9. The van der Waals surface area contributed by atoms with E-state index in [0.29, 0.717) is 31.8 Å². The minimum Gasteiger partial charge on any atom is -0.496 e. The number of methoxy groups -OCH3 is 1. The highest BCUT2D eigenvalue weighted by atomic mass is 16.6. The molecule has 1 aliphatic carbocycles. The van der Waals surface area contributed by atoms with Gasteiger partial charge in [0.15, 0.2) is 0 Å². The molecule has 0 aromatic carbocycles. The van der Waals surface area contributed by atoms with Crippen LogP contribution in [-0.2, 0) is 52.4 Å². The normalized spacial score (nSPS) is 20.1. The second kappa shape index (κ2) is 20.5. The Kier molecular flexibility index (Phi) is 18.3. The average molecular weight is 701 g/mol. The van der Waals surface area contributed by atoms with Crippen LogP contribution in [-0.4, -0.2) is 92.9 Å². The van der Waals surface area contributed by atoms with Crippen molar-refractivity contribution in [3.8, 4) is 0 Å². The van der Waals surface area contributed by atoms with Crippen LogP contribution in [0.2, 0.25) is 0 Å². The molecule has 1 rings (SSSR count). The summed E-state index contributed by atoms with van der Waals surface area (Å²) in [6.45, 7) is 16.7. The molecule has 0 aliphatic heterocycles. The fourth-order valence-electron chi connectivity index (χ4n) is 6.21. The molecule has 2 N–H and O–H groups in total. The zero-order valence-electron chi connectivity index (χ0n) is 30.8. The molecule has 0 amide bonds. The first-order valence-corrected chi connectivity index (χ1v) is 17.3. The molecule has 13 heteroatoms. The third-order valence-electron chi connectivity index (χ3n) is 9.60. The smallest absolute Gasteiger partial charge is 0.311 e. The Labute approximate surface area is 291 Å². The van der Waals surface area contributed by atoms with Crippen LogP contribution in [0.15, 0.2) is 12.3 Å². The van der Waals surface area contributed by atoms with Crippen LogP contribution in [0.25, 0.3) is 0 Å². The number of hydrogen-bond acceptors (Lipinski definition) is 11. The summed E-state index contributed by atoms with van der Waals surface area (Å²) >= 11 is 0. The Balaban J connectivity index is 2.96. The first-order chi connectivity index (χ1) is 22.9. The molecule has 0 aromatic heterocycles. The third-order valence-corrected chi connectivity index (χ3v) is 9.60. The lowest BCUT2D eigenvalue weighted by Gasteiger charge is -2.38. The van der Waals surface area contributed by atoms with E-state index in [1.54, 1.807) is 27.9 Å². The number of carboxylic acids is 2. The van der Waals surface area contributed by atoms with Crippen molar-refractivity contribution in [1.29, 1.82) is 0 Å². The van der Waals surface area contributed by atoms with Gasteiger partial charge in [0.1, 0.15) is 19.8 Å². The molecule has 1 aliphatic rings. The summed E-state index contributed by atoms with van der Waals surface area (Å²) < 4.78 is 32.6. The van der Waals surface area contributed by atoms with E-state index in [1.165, 1.54) is 6.92 Å². The molecule has 0 aromatic rings. The lowest BCUT2D eigenvalue weighted by atomic mass is 9.66. The van der Waals surface area contributed by atoms with Gasteiger partial charge in [-0.2, -0.15) is 0 Å². The van der Waals surface area contributed by atoms with Gasteiger partial charge >= 0.3 is 29.8 Å². The molecular formula is C36H60O13. The average Bonchev–Trinajstić information content (AvgIpc) is 3.05. The quantitative estimate of drug-likeness (QED) is 0.0564. The van der Waals surface area contributed by atoms with E-state index in [4.69, 9.17) is 28.4 Å². The molecule has 0 saturated heterocycles. The van der Waals surface area contributed by atoms with E-state index in [1.807, 2.05) is 20.8 Å². The van der Waals surface area contributed by atoms with Crippen LogP contribution in [0.1, 0.15) is 99.8 Å². The van der Waals surface area contributed by atoms with E-state index in [-0.39, 0.29) is 58.2 Å². The fourth-order valence-corrected chi connectivity index (χ4v) is 6.21. The second-order valence-electron chi connectivity index (χ2n) is 14.2. The van der Waals surface area contributed by atoms with E-state index in [9.17, 15) is 34.2 Å². The molecular weight excluding hydrogens is 640 g/mol. The minimum absolute atomic E-state index is 0.0593. The summed E-state index contributed by atoms with van der Waals surface area (Å²) in [7, 11) is 1.60. The molecule has 6 atom stereocenters. The maximum atomic E-state index is 13.4. The number of carboxylic acid groups (broad SMARTS) is 2. The van der Waals surface area contributed by atoms with Gasteiger partial charge in [-0.25, -0.2) is 0 Å². The molecule has 1 fully saturated rings. The number of carbonyl (C=O) groups is 5. The second-order valence-corrected chi connectivity index (χ2v) is 14.2. The van der Waals surface area contributed by atoms with Gasteiger partial charge in [0.25, 0.3) is 0 Å². The summed E-state index contributed by atoms with van der Waals surface area (Å²) in [5.41, 5.74) is -3.54. The molecule has 49 heavy (non-hydrogen) atoms. The topological polar surface area (TPSA) is 181 Å². The third kappa shape index (κ3) is 13.9. The van der Waals surface area contributed by atoms with Crippen molar-refractivity contribution in [2.45, 2.75) is 106 Å². The number of esters is 3. The molecule has 1 saturated carbocycles. The largest absolute Gasteiger partial charge is 0.496 e. The Morgan fingerprint density at radius 2 is 1.41 bits per heavy atom. The van der Waals surface area contributed by atoms with Gasteiger partial charge in [0, 0.05) is 12.5 Å². The summed E-state index contributed by atoms with van der Waals surface area (Å²) in [6, 6.07) is 0. The Morgan fingerprint density at radius 1 is 0.816 bits per heavy atom. The van der Waals surface area contributed by atoms with Crippen LogP contribution < -0.4 is 0 Å². The van der Waals surface area contributed by atoms with E-state index in [2.05, 4.69) is 6.58 Å². The number of hydrogen-bond donors (Lipinski definition) is 2. The maximum absolute atomic E-state index is 13.4. The molecule has 0 radical (unpaired) electrons. The maximum Gasteiger partial charge on any atom is 0.311 e. The number of ether oxygens (including phenoxy) is 6. The number of allylic oxidation sites excluding steroid dienone is 1. The van der Waals surface area contributed by atoms with Gasteiger partial charge in [-0.1, -0.05) is 40.2 Å². The van der Waals surface area contributed by atoms with Crippen molar-refractivity contribution < 1.29 is 62.6 Å². The monoisotopic (exact) mass is 700 g/mol. The van der Waals surface area contributed by atoms with Gasteiger partial charge < -0.3 is 38.6 Å². The van der Waals surface area contributed by atoms with Gasteiger partial charge in [-0.15, -0.1) is 0 Å². The molecule has 6 unspecified atom stereocenters. The number of aliphatic carboxylic acids is 2. The fraction of sp³-hybridized carbons (Fsp3) is 0.806. The minimum atomic E-state index is -1.54. The van der Waals surface area contributed by atoms with Crippen LogP contribution >= 0.6 is 0 Å². The summed E-state index contributed by atoms with van der Waals surface area (Å²) in [6.07, 6.45) is 2.39. The first-order valence-electron chi connectivity index (χ1n) is 17.3. The van der Waals surface area contributed by atoms with E-state index in [0.717, 1.165) is 12.8 Å². The van der Waals surface area contributed by atoms with Crippen LogP contribution in [0.3, 0.4) is 0 Å². The van der Waals surface area contributed by atoms with Gasteiger partial charge in [-0.3, -0.25) is 24.0 Å². The molecule has 0 heterocycles. The van der Waals surface area contributed by atoms with Crippen molar-refractivity contribution in [3.63, 3.8) is 0 Å². The van der Waals surface area contributed by atoms with Crippen molar-refractivity contribution >= 4 is 29.8 Å². The zero-order chi connectivity index (χ0) is 37.4. The van der Waals surface area contributed by atoms with E-state index >= 15 is 0 Å². The van der Waals surface area contributed by atoms with E-state index < -0.39 is 63.8 Å². The highest BCUT2D eigenvalue weighted by Crippen LogP contribution is 2.45. The van der Waals surface area contributed by atoms with Crippen LogP contribution in [0.5, 0.6) is 0 Å². The van der Waals surface area contributed by atoms with Crippen molar-refractivity contribution in [2.24, 2.45) is 34.0 Å². The number of carbonyl (C=O) groups excluding carboxylic acids is 3. The summed E-state index contributed by atoms with van der Waals surface area (Å²) in [5.74, 6) is -6.07. The van der Waals surface area contributed by atoms with Crippen LogP contribution in [0, 0.1) is 34.0 Å². The SMILES string of the molecule is C=C(OCCOCC(C)OC)C(C)(C)CC(CC(C)(CC(C)(CC)C(=O)OCCOC(=O)C1CCCCC1C(=O)O)C(=O)O)C(=O)OCC. The van der Waals surface area contributed by atoms with Crippen molar-refractivity contribution in [2.75, 3.05) is 46.8 Å². The van der Waals surface area contributed by atoms with Crippen molar-refractivity contribution in [3.05, 3.63) is 12.3 Å². The molecule has 13 nitrogen and oxygen atoms in total. The molecule has 0 spiro atoms. The zero-order valence-corrected chi connectivity index (χ0v) is 30.8. The van der Waals surface area contributed by atoms with Gasteiger partial charge in [0.05, 0.1) is 60.3 Å². The highest BCUT2D eigenvalue weighted by Gasteiger charge is 2.48. The van der Waals surface area contributed by atoms with Crippen molar-refractivity contribution in [1.82, 2.24) is 0 Å². The predicted octanol–water partition coefficient (Wildman–Crippen LogP) is 5.43. The lowest BCUT2D eigenvalue weighted by molar-refractivity contribution is -0.168. The number of rotatable bonds is 24. The first kappa shape index (κ1) is 43.8. The summed E-state index contributed by atoms with van der Waals surface area (Å²) in [4.78, 5) is 63.5. The van der Waals surface area contributed by atoms with Gasteiger partial charge in [-0.05, 0) is 66.2 Å². The molecule has 0 bridgehead atoms. The van der Waals surface area contributed by atoms with Gasteiger partial charge in [0.2, 0.25) is 0 Å². The molecule has 282 valence electrons.